The van der Waals surface area contributed by atoms with E-state index in [4.69, 9.17) is 4.74 Å². The molecule has 128 valence electrons. The van der Waals surface area contributed by atoms with Gasteiger partial charge in [0.15, 0.2) is 5.65 Å². The van der Waals surface area contributed by atoms with Crippen LogP contribution in [-0.4, -0.2) is 69.9 Å². The lowest BCUT2D eigenvalue weighted by molar-refractivity contribution is -0.127. The van der Waals surface area contributed by atoms with Crippen molar-refractivity contribution >= 4 is 22.8 Å². The third-order valence-corrected chi connectivity index (χ3v) is 4.20. The number of aryl methyl sites for hydroxylation is 3. The van der Waals surface area contributed by atoms with Crippen molar-refractivity contribution in [2.45, 2.75) is 13.8 Å². The molecule has 8 heteroatoms. The van der Waals surface area contributed by atoms with Gasteiger partial charge in [-0.25, -0.2) is 4.98 Å². The van der Waals surface area contributed by atoms with E-state index in [0.717, 1.165) is 16.8 Å². The number of fused-ring (bicyclic) bond motifs is 1. The molecule has 0 radical (unpaired) electrons. The van der Waals surface area contributed by atoms with Crippen LogP contribution in [0.4, 0.5) is 0 Å². The second-order valence-corrected chi connectivity index (χ2v) is 6.01. The average Bonchev–Trinajstić information content (AvgIpc) is 3.04. The fourth-order valence-corrected chi connectivity index (χ4v) is 3.04. The average molecular weight is 331 g/mol. The number of aromatic nitrogens is 3. The van der Waals surface area contributed by atoms with Gasteiger partial charge in [0.25, 0.3) is 5.91 Å². The monoisotopic (exact) mass is 331 g/mol. The van der Waals surface area contributed by atoms with Crippen molar-refractivity contribution in [1.82, 2.24) is 24.6 Å². The van der Waals surface area contributed by atoms with Crippen molar-refractivity contribution in [3.63, 3.8) is 0 Å². The van der Waals surface area contributed by atoms with Gasteiger partial charge in [-0.15, -0.1) is 0 Å². The lowest BCUT2D eigenvalue weighted by Gasteiger charge is -2.18. The molecule has 24 heavy (non-hydrogen) atoms. The molecule has 0 aliphatic carbocycles. The van der Waals surface area contributed by atoms with Crippen LogP contribution in [0.25, 0.3) is 11.0 Å². The molecule has 1 aliphatic heterocycles. The standard InChI is InChI=1S/C16H21N5O3/c1-10-7-12(14-11(2)18-19(3)15(14)17-10)16(23)21-8-13(22)20(9-21)5-6-24-4/h7H,5-6,8-9H2,1-4H3. The predicted octanol–water partition coefficient (Wildman–Crippen LogP) is 0.473. The Kier molecular flexibility index (Phi) is 4.23. The molecule has 0 saturated carbocycles. The molecule has 3 rings (SSSR count). The molecule has 0 bridgehead atoms. The Labute approximate surface area is 140 Å². The van der Waals surface area contributed by atoms with Gasteiger partial charge in [0, 0.05) is 26.4 Å². The number of ether oxygens (including phenoxy) is 1. The van der Waals surface area contributed by atoms with Gasteiger partial charge in [-0.2, -0.15) is 5.10 Å². The maximum atomic E-state index is 13.0. The summed E-state index contributed by atoms with van der Waals surface area (Å²) in [5, 5.41) is 5.11. The fourth-order valence-electron chi connectivity index (χ4n) is 3.04. The first-order valence-corrected chi connectivity index (χ1v) is 7.79. The van der Waals surface area contributed by atoms with E-state index >= 15 is 0 Å². The SMILES string of the molecule is COCCN1CN(C(=O)c2cc(C)nc3c2c(C)nn3C)CC1=O. The number of pyridine rings is 1. The second-order valence-electron chi connectivity index (χ2n) is 6.01. The minimum absolute atomic E-state index is 0.0645. The topological polar surface area (TPSA) is 80.6 Å². The van der Waals surface area contributed by atoms with E-state index in [1.165, 1.54) is 0 Å². The zero-order valence-electron chi connectivity index (χ0n) is 14.4. The molecule has 8 nitrogen and oxygen atoms in total. The molecule has 1 fully saturated rings. The summed E-state index contributed by atoms with van der Waals surface area (Å²) in [6.07, 6.45) is 0. The summed E-state index contributed by atoms with van der Waals surface area (Å²) < 4.78 is 6.68. The molecular formula is C16H21N5O3. The molecule has 3 heterocycles. The van der Waals surface area contributed by atoms with Gasteiger partial charge < -0.3 is 14.5 Å². The highest BCUT2D eigenvalue weighted by Gasteiger charge is 2.32. The number of rotatable bonds is 4. The maximum Gasteiger partial charge on any atom is 0.256 e. The Bertz CT molecular complexity index is 814. The molecule has 0 spiro atoms. The highest BCUT2D eigenvalue weighted by Crippen LogP contribution is 2.24. The van der Waals surface area contributed by atoms with Crippen LogP contribution >= 0.6 is 0 Å². The molecule has 1 saturated heterocycles. The van der Waals surface area contributed by atoms with Crippen LogP contribution in [0.15, 0.2) is 6.07 Å². The summed E-state index contributed by atoms with van der Waals surface area (Å²) >= 11 is 0. The Morgan fingerprint density at radius 3 is 2.83 bits per heavy atom. The van der Waals surface area contributed by atoms with Crippen molar-refractivity contribution in [1.29, 1.82) is 0 Å². The van der Waals surface area contributed by atoms with Crippen LogP contribution < -0.4 is 0 Å². The number of carbonyl (C=O) groups excluding carboxylic acids is 2. The summed E-state index contributed by atoms with van der Waals surface area (Å²) in [4.78, 5) is 32.7. The van der Waals surface area contributed by atoms with Gasteiger partial charge in [-0.05, 0) is 19.9 Å². The highest BCUT2D eigenvalue weighted by atomic mass is 16.5. The number of nitrogens with zero attached hydrogens (tertiary/aromatic N) is 5. The zero-order valence-corrected chi connectivity index (χ0v) is 14.4. The number of methoxy groups -OCH3 is 1. The van der Waals surface area contributed by atoms with Crippen molar-refractivity contribution in [3.8, 4) is 0 Å². The van der Waals surface area contributed by atoms with Crippen molar-refractivity contribution in [3.05, 3.63) is 23.0 Å². The third kappa shape index (κ3) is 2.73. The Morgan fingerprint density at radius 1 is 1.38 bits per heavy atom. The van der Waals surface area contributed by atoms with Gasteiger partial charge in [0.2, 0.25) is 5.91 Å². The zero-order chi connectivity index (χ0) is 17.4. The van der Waals surface area contributed by atoms with Crippen molar-refractivity contribution in [2.24, 2.45) is 7.05 Å². The molecular weight excluding hydrogens is 310 g/mol. The molecule has 0 aromatic carbocycles. The van der Waals surface area contributed by atoms with Gasteiger partial charge in [-0.1, -0.05) is 0 Å². The summed E-state index contributed by atoms with van der Waals surface area (Å²) in [6, 6.07) is 1.77. The second kappa shape index (κ2) is 6.20. The van der Waals surface area contributed by atoms with E-state index in [1.807, 2.05) is 20.9 Å². The van der Waals surface area contributed by atoms with Gasteiger partial charge in [0.1, 0.15) is 6.54 Å². The smallest absolute Gasteiger partial charge is 0.256 e. The number of hydrogen-bond donors (Lipinski definition) is 0. The first-order chi connectivity index (χ1) is 11.4. The summed E-state index contributed by atoms with van der Waals surface area (Å²) in [7, 11) is 3.40. The molecule has 2 amide bonds. The molecule has 0 atom stereocenters. The van der Waals surface area contributed by atoms with Crippen LogP contribution in [0, 0.1) is 13.8 Å². The van der Waals surface area contributed by atoms with E-state index in [2.05, 4.69) is 10.1 Å². The fraction of sp³-hybridized carbons (Fsp3) is 0.500. The van der Waals surface area contributed by atoms with Gasteiger partial charge in [-0.3, -0.25) is 14.3 Å². The predicted molar refractivity (Wildman–Crippen MR) is 87.5 cm³/mol. The van der Waals surface area contributed by atoms with E-state index < -0.39 is 0 Å². The molecule has 2 aromatic rings. The van der Waals surface area contributed by atoms with Crippen LogP contribution in [0.1, 0.15) is 21.7 Å². The number of hydrogen-bond acceptors (Lipinski definition) is 5. The quantitative estimate of drug-likeness (QED) is 0.814. The largest absolute Gasteiger partial charge is 0.383 e. The Morgan fingerprint density at radius 2 is 2.12 bits per heavy atom. The van der Waals surface area contributed by atoms with E-state index in [0.29, 0.717) is 24.4 Å². The number of amides is 2. The number of carbonyl (C=O) groups is 2. The van der Waals surface area contributed by atoms with E-state index in [-0.39, 0.29) is 25.0 Å². The normalized spacial score (nSPS) is 14.9. The molecule has 1 aliphatic rings. The van der Waals surface area contributed by atoms with Gasteiger partial charge in [0.05, 0.1) is 29.9 Å². The molecule has 0 N–H and O–H groups in total. The minimum Gasteiger partial charge on any atom is -0.383 e. The maximum absolute atomic E-state index is 13.0. The summed E-state index contributed by atoms with van der Waals surface area (Å²) in [5.41, 5.74) is 2.72. The van der Waals surface area contributed by atoms with E-state index in [9.17, 15) is 9.59 Å². The van der Waals surface area contributed by atoms with Crippen LogP contribution in [0.2, 0.25) is 0 Å². The van der Waals surface area contributed by atoms with Crippen LogP contribution in [0.5, 0.6) is 0 Å². The molecule has 0 unspecified atom stereocenters. The van der Waals surface area contributed by atoms with Crippen LogP contribution in [-0.2, 0) is 16.6 Å². The van der Waals surface area contributed by atoms with Crippen molar-refractivity contribution < 1.29 is 14.3 Å². The first kappa shape index (κ1) is 16.4. The minimum atomic E-state index is -0.171. The lowest BCUT2D eigenvalue weighted by Crippen LogP contribution is -2.33. The first-order valence-electron chi connectivity index (χ1n) is 7.79. The third-order valence-electron chi connectivity index (χ3n) is 4.20. The van der Waals surface area contributed by atoms with Crippen LogP contribution in [0.3, 0.4) is 0 Å². The Hall–Kier alpha value is -2.48. The van der Waals surface area contributed by atoms with E-state index in [1.54, 1.807) is 27.7 Å². The van der Waals surface area contributed by atoms with Crippen molar-refractivity contribution in [2.75, 3.05) is 33.5 Å². The summed E-state index contributed by atoms with van der Waals surface area (Å²) in [5.74, 6) is -0.236. The lowest BCUT2D eigenvalue weighted by atomic mass is 10.1. The summed E-state index contributed by atoms with van der Waals surface area (Å²) in [6.45, 7) is 5.01. The van der Waals surface area contributed by atoms with Gasteiger partial charge >= 0.3 is 0 Å². The highest BCUT2D eigenvalue weighted by molar-refractivity contribution is 6.08. The molecule has 2 aromatic heterocycles. The Balaban J connectivity index is 1.94.